The average Bonchev–Trinajstić information content (AvgIpc) is 2.98. The molecule has 2 rings (SSSR count). The van der Waals surface area contributed by atoms with E-state index in [4.69, 9.17) is 14.6 Å². The summed E-state index contributed by atoms with van der Waals surface area (Å²) in [5.41, 5.74) is 1.06. The highest BCUT2D eigenvalue weighted by Gasteiger charge is 2.34. The molecule has 0 spiro atoms. The van der Waals surface area contributed by atoms with Gasteiger partial charge in [-0.1, -0.05) is 19.4 Å². The van der Waals surface area contributed by atoms with Gasteiger partial charge in [0.15, 0.2) is 0 Å². The van der Waals surface area contributed by atoms with E-state index in [2.05, 4.69) is 5.32 Å². The number of ether oxygens (including phenoxy) is 2. The van der Waals surface area contributed by atoms with Gasteiger partial charge in [-0.3, -0.25) is 4.79 Å². The summed E-state index contributed by atoms with van der Waals surface area (Å²) in [6, 6.07) is 6.50. The van der Waals surface area contributed by atoms with Crippen LogP contribution in [0.4, 0.5) is 5.69 Å². The highest BCUT2D eigenvalue weighted by molar-refractivity contribution is 6.08. The number of β-amino-alcohol motifs (C(OH)–C–C–N with tert-alkyl or cyclic N) is 1. The van der Waals surface area contributed by atoms with E-state index >= 15 is 0 Å². The molecule has 0 aromatic heterocycles. The zero-order chi connectivity index (χ0) is 19.8. The standard InChI is InChI=1S/C19H24N2O6/c1-3-4-10-27-18(24)13-6-5-7-14(11-13)20-16-15(19(25)26-2)12-21(8-9-22)17(16)23/h5-7,11,20,22H,3-4,8-10,12H2,1-2H3. The molecule has 8 heteroatoms. The zero-order valence-corrected chi connectivity index (χ0v) is 15.5. The monoisotopic (exact) mass is 376 g/mol. The molecule has 1 aliphatic rings. The number of nitrogens with one attached hydrogen (secondary N) is 1. The SMILES string of the molecule is CCCCOC(=O)c1cccc(NC2=C(C(=O)OC)CN(CCO)C2=O)c1. The van der Waals surface area contributed by atoms with Crippen LogP contribution in [0.5, 0.6) is 0 Å². The molecule has 1 aromatic carbocycles. The molecule has 27 heavy (non-hydrogen) atoms. The second-order valence-corrected chi connectivity index (χ2v) is 5.99. The molecule has 1 aliphatic heterocycles. The fourth-order valence-corrected chi connectivity index (χ4v) is 2.61. The van der Waals surface area contributed by atoms with Gasteiger partial charge in [0.05, 0.1) is 38.0 Å². The van der Waals surface area contributed by atoms with Crippen LogP contribution in [-0.2, 0) is 19.1 Å². The van der Waals surface area contributed by atoms with E-state index in [9.17, 15) is 14.4 Å². The Morgan fingerprint density at radius 2 is 2.07 bits per heavy atom. The lowest BCUT2D eigenvalue weighted by molar-refractivity contribution is -0.136. The minimum absolute atomic E-state index is 0.0488. The Balaban J connectivity index is 2.20. The lowest BCUT2D eigenvalue weighted by Gasteiger charge is -2.15. The van der Waals surface area contributed by atoms with Gasteiger partial charge >= 0.3 is 11.9 Å². The van der Waals surface area contributed by atoms with Crippen LogP contribution >= 0.6 is 0 Å². The Labute approximate surface area is 157 Å². The number of methoxy groups -OCH3 is 1. The number of carbonyl (C=O) groups excluding carboxylic acids is 3. The van der Waals surface area contributed by atoms with Crippen LogP contribution in [0.3, 0.4) is 0 Å². The molecule has 0 atom stereocenters. The molecule has 0 bridgehead atoms. The number of aliphatic hydroxyl groups is 1. The number of esters is 2. The molecule has 0 radical (unpaired) electrons. The Kier molecular flexibility index (Phi) is 7.36. The number of unbranched alkanes of at least 4 members (excludes halogenated alkanes) is 1. The Bertz CT molecular complexity index is 743. The number of rotatable bonds is 9. The quantitative estimate of drug-likeness (QED) is 0.495. The van der Waals surface area contributed by atoms with Crippen molar-refractivity contribution in [2.24, 2.45) is 0 Å². The molecular weight excluding hydrogens is 352 g/mol. The molecule has 1 aromatic rings. The van der Waals surface area contributed by atoms with Crippen molar-refractivity contribution in [3.63, 3.8) is 0 Å². The van der Waals surface area contributed by atoms with Crippen LogP contribution < -0.4 is 5.32 Å². The van der Waals surface area contributed by atoms with E-state index in [0.29, 0.717) is 17.9 Å². The van der Waals surface area contributed by atoms with Crippen molar-refractivity contribution in [3.05, 3.63) is 41.1 Å². The van der Waals surface area contributed by atoms with Crippen LogP contribution in [-0.4, -0.2) is 61.3 Å². The largest absolute Gasteiger partial charge is 0.466 e. The third-order valence-electron chi connectivity index (χ3n) is 4.05. The van der Waals surface area contributed by atoms with Gasteiger partial charge in [0.25, 0.3) is 5.91 Å². The maximum Gasteiger partial charge on any atom is 0.338 e. The summed E-state index contributed by atoms with van der Waals surface area (Å²) < 4.78 is 9.93. The first kappa shape index (κ1) is 20.4. The zero-order valence-electron chi connectivity index (χ0n) is 15.5. The normalized spacial score (nSPS) is 13.7. The van der Waals surface area contributed by atoms with Gasteiger partial charge in [0.2, 0.25) is 0 Å². The van der Waals surface area contributed by atoms with Crippen molar-refractivity contribution in [1.82, 2.24) is 4.90 Å². The lowest BCUT2D eigenvalue weighted by atomic mass is 10.2. The summed E-state index contributed by atoms with van der Waals surface area (Å²) in [6.07, 6.45) is 1.71. The van der Waals surface area contributed by atoms with Crippen LogP contribution in [0, 0.1) is 0 Å². The summed E-state index contributed by atoms with van der Waals surface area (Å²) in [5.74, 6) is -1.49. The predicted molar refractivity (Wildman–Crippen MR) is 98.0 cm³/mol. The Hall–Kier alpha value is -2.87. The second-order valence-electron chi connectivity index (χ2n) is 5.99. The van der Waals surface area contributed by atoms with Crippen molar-refractivity contribution in [3.8, 4) is 0 Å². The third kappa shape index (κ3) is 5.07. The van der Waals surface area contributed by atoms with Crippen molar-refractivity contribution >= 4 is 23.5 Å². The summed E-state index contributed by atoms with van der Waals surface area (Å²) >= 11 is 0. The van der Waals surface area contributed by atoms with Gasteiger partial charge < -0.3 is 24.8 Å². The summed E-state index contributed by atoms with van der Waals surface area (Å²) in [7, 11) is 1.24. The maximum atomic E-state index is 12.5. The number of hydrogen-bond acceptors (Lipinski definition) is 7. The third-order valence-corrected chi connectivity index (χ3v) is 4.05. The highest BCUT2D eigenvalue weighted by atomic mass is 16.5. The molecular formula is C19H24N2O6. The van der Waals surface area contributed by atoms with Crippen molar-refractivity contribution < 1.29 is 29.0 Å². The van der Waals surface area contributed by atoms with Crippen LogP contribution in [0.2, 0.25) is 0 Å². The average molecular weight is 376 g/mol. The van der Waals surface area contributed by atoms with E-state index in [0.717, 1.165) is 12.8 Å². The second kappa shape index (κ2) is 9.72. The predicted octanol–water partition coefficient (Wildman–Crippen LogP) is 1.32. The lowest BCUT2D eigenvalue weighted by Crippen LogP contribution is -2.31. The summed E-state index contributed by atoms with van der Waals surface area (Å²) in [4.78, 5) is 38.0. The van der Waals surface area contributed by atoms with Gasteiger partial charge in [0.1, 0.15) is 5.70 Å². The number of amides is 1. The fraction of sp³-hybridized carbons (Fsp3) is 0.421. The van der Waals surface area contributed by atoms with E-state index in [1.165, 1.54) is 12.0 Å². The van der Waals surface area contributed by atoms with Gasteiger partial charge in [0, 0.05) is 12.2 Å². The van der Waals surface area contributed by atoms with Gasteiger partial charge in [-0.25, -0.2) is 9.59 Å². The van der Waals surface area contributed by atoms with E-state index in [1.54, 1.807) is 24.3 Å². The Morgan fingerprint density at radius 3 is 2.74 bits per heavy atom. The first-order valence-electron chi connectivity index (χ1n) is 8.77. The summed E-state index contributed by atoms with van der Waals surface area (Å²) in [6.45, 7) is 2.29. The van der Waals surface area contributed by atoms with Gasteiger partial charge in [-0.05, 0) is 24.6 Å². The highest BCUT2D eigenvalue weighted by Crippen LogP contribution is 2.23. The van der Waals surface area contributed by atoms with Crippen LogP contribution in [0.15, 0.2) is 35.5 Å². The van der Waals surface area contributed by atoms with E-state index < -0.39 is 17.8 Å². The fourth-order valence-electron chi connectivity index (χ4n) is 2.61. The molecule has 1 amide bonds. The molecule has 1 heterocycles. The molecule has 2 N–H and O–H groups in total. The summed E-state index contributed by atoms with van der Waals surface area (Å²) in [5, 5.41) is 12.0. The molecule has 0 saturated carbocycles. The number of aliphatic hydroxyl groups excluding tert-OH is 1. The molecule has 0 fully saturated rings. The molecule has 146 valence electrons. The number of hydrogen-bond donors (Lipinski definition) is 2. The number of carbonyl (C=O) groups is 3. The molecule has 0 saturated heterocycles. The first-order chi connectivity index (χ1) is 13.0. The van der Waals surface area contributed by atoms with Crippen LogP contribution in [0.1, 0.15) is 30.1 Å². The Morgan fingerprint density at radius 1 is 1.30 bits per heavy atom. The van der Waals surface area contributed by atoms with Gasteiger partial charge in [-0.15, -0.1) is 0 Å². The maximum absolute atomic E-state index is 12.5. The van der Waals surface area contributed by atoms with E-state index in [1.807, 2.05) is 6.92 Å². The van der Waals surface area contributed by atoms with Crippen molar-refractivity contribution in [2.45, 2.75) is 19.8 Å². The minimum atomic E-state index is -0.624. The van der Waals surface area contributed by atoms with Crippen molar-refractivity contribution in [1.29, 1.82) is 0 Å². The smallest absolute Gasteiger partial charge is 0.338 e. The number of nitrogens with zero attached hydrogens (tertiary/aromatic N) is 1. The van der Waals surface area contributed by atoms with E-state index in [-0.39, 0.29) is 31.0 Å². The minimum Gasteiger partial charge on any atom is -0.466 e. The molecule has 0 unspecified atom stereocenters. The van der Waals surface area contributed by atoms with Crippen molar-refractivity contribution in [2.75, 3.05) is 38.7 Å². The van der Waals surface area contributed by atoms with Gasteiger partial charge in [-0.2, -0.15) is 0 Å². The number of benzene rings is 1. The topological polar surface area (TPSA) is 105 Å². The molecule has 8 nitrogen and oxygen atoms in total. The number of anilines is 1. The van der Waals surface area contributed by atoms with Crippen LogP contribution in [0.25, 0.3) is 0 Å². The molecule has 0 aliphatic carbocycles. The first-order valence-corrected chi connectivity index (χ1v) is 8.77.